The molecule has 158 valence electrons. The number of nitrogens with zero attached hydrogens (tertiary/aromatic N) is 1. The normalized spacial score (nSPS) is 14.9. The molecule has 0 amide bonds. The van der Waals surface area contributed by atoms with Crippen molar-refractivity contribution in [3.63, 3.8) is 0 Å². The monoisotopic (exact) mass is 425 g/mol. The van der Waals surface area contributed by atoms with Crippen LogP contribution in [-0.4, -0.2) is 48.8 Å². The molecule has 0 radical (unpaired) electrons. The number of benzene rings is 2. The number of Topliss-reactive ketones (excluding diaryl/α,β-unsaturated/α-hetero) is 1. The lowest BCUT2D eigenvalue weighted by atomic mass is 10.0. The summed E-state index contributed by atoms with van der Waals surface area (Å²) in [6, 6.07) is 11.2. The fraction of sp³-hybridized carbons (Fsp3) is 0.375. The predicted octanol–water partition coefficient (Wildman–Crippen LogP) is 5.13. The molecule has 0 spiro atoms. The first kappa shape index (κ1) is 20.8. The first-order valence-electron chi connectivity index (χ1n) is 10.3. The number of rotatable bonds is 7. The van der Waals surface area contributed by atoms with Crippen LogP contribution in [0.2, 0.25) is 0 Å². The van der Waals surface area contributed by atoms with Crippen LogP contribution in [0.3, 0.4) is 0 Å². The highest BCUT2D eigenvalue weighted by Gasteiger charge is 2.19. The van der Waals surface area contributed by atoms with Crippen LogP contribution in [-0.2, 0) is 11.2 Å². The van der Waals surface area contributed by atoms with Gasteiger partial charge in [-0.3, -0.25) is 9.69 Å². The average Bonchev–Trinajstić information content (AvgIpc) is 3.12. The van der Waals surface area contributed by atoms with Gasteiger partial charge in [-0.15, -0.1) is 11.8 Å². The van der Waals surface area contributed by atoms with Crippen molar-refractivity contribution in [2.75, 3.05) is 33.0 Å². The van der Waals surface area contributed by atoms with Crippen molar-refractivity contribution in [2.24, 2.45) is 0 Å². The second kappa shape index (κ2) is 9.14. The van der Waals surface area contributed by atoms with Crippen molar-refractivity contribution < 1.29 is 19.1 Å². The minimum atomic E-state index is 0.0950. The second-order valence-corrected chi connectivity index (χ2v) is 8.55. The summed E-state index contributed by atoms with van der Waals surface area (Å²) in [4.78, 5) is 15.9. The second-order valence-electron chi connectivity index (χ2n) is 7.73. The minimum absolute atomic E-state index is 0.0950. The third-order valence-electron chi connectivity index (χ3n) is 5.60. The molecule has 1 fully saturated rings. The van der Waals surface area contributed by atoms with Crippen LogP contribution in [0, 0.1) is 0 Å². The third kappa shape index (κ3) is 4.35. The number of fused-ring (bicyclic) bond motifs is 1. The Labute approximate surface area is 181 Å². The molecule has 1 N–H and O–H groups in total. The number of piperidine rings is 1. The van der Waals surface area contributed by atoms with Crippen LogP contribution in [0.5, 0.6) is 11.5 Å². The number of aromatic hydroxyl groups is 1. The quantitative estimate of drug-likeness (QED) is 0.529. The summed E-state index contributed by atoms with van der Waals surface area (Å²) in [5.74, 6) is 1.50. The highest BCUT2D eigenvalue weighted by molar-refractivity contribution is 7.99. The molecule has 5 nitrogen and oxygen atoms in total. The van der Waals surface area contributed by atoms with Gasteiger partial charge >= 0.3 is 0 Å². The van der Waals surface area contributed by atoms with Crippen LogP contribution < -0.4 is 4.74 Å². The van der Waals surface area contributed by atoms with E-state index in [1.807, 2.05) is 24.5 Å². The van der Waals surface area contributed by atoms with E-state index in [1.165, 1.54) is 26.4 Å². The molecule has 1 aliphatic heterocycles. The van der Waals surface area contributed by atoms with Crippen molar-refractivity contribution in [3.8, 4) is 22.8 Å². The summed E-state index contributed by atoms with van der Waals surface area (Å²) in [5.41, 5.74) is 2.64. The summed E-state index contributed by atoms with van der Waals surface area (Å²) in [7, 11) is 1.53. The molecule has 1 saturated heterocycles. The lowest BCUT2D eigenvalue weighted by Gasteiger charge is -2.25. The third-order valence-corrected chi connectivity index (χ3v) is 6.42. The molecule has 0 aliphatic carbocycles. The smallest absolute Gasteiger partial charge is 0.161 e. The Bertz CT molecular complexity index is 1050. The van der Waals surface area contributed by atoms with Gasteiger partial charge in [0.25, 0.3) is 0 Å². The number of likely N-dealkylation sites (tertiary alicyclic amines) is 1. The Morgan fingerprint density at radius 2 is 1.97 bits per heavy atom. The number of ketones is 1. The molecular formula is C24H27NO4S. The highest BCUT2D eigenvalue weighted by Crippen LogP contribution is 2.41. The molecule has 3 aromatic rings. The molecule has 6 heteroatoms. The van der Waals surface area contributed by atoms with Crippen LogP contribution in [0.15, 0.2) is 45.7 Å². The molecule has 4 rings (SSSR count). The summed E-state index contributed by atoms with van der Waals surface area (Å²) in [6.07, 6.45) is 6.11. The number of ether oxygens (including phenoxy) is 1. The van der Waals surface area contributed by atoms with Crippen molar-refractivity contribution in [2.45, 2.75) is 30.6 Å². The highest BCUT2D eigenvalue weighted by atomic mass is 32.2. The lowest BCUT2D eigenvalue weighted by molar-refractivity contribution is -0.119. The number of carbonyl (C=O) groups excluding carboxylic acids is 1. The number of phenolic OH excluding ortho intramolecular Hbond substituents is 1. The number of furan rings is 1. The molecular weight excluding hydrogens is 398 g/mol. The first-order chi connectivity index (χ1) is 14.6. The van der Waals surface area contributed by atoms with E-state index in [2.05, 4.69) is 11.0 Å². The van der Waals surface area contributed by atoms with Gasteiger partial charge in [0.1, 0.15) is 11.3 Å². The molecule has 0 atom stereocenters. The van der Waals surface area contributed by atoms with Gasteiger partial charge in [0.2, 0.25) is 0 Å². The van der Waals surface area contributed by atoms with Gasteiger partial charge in [0, 0.05) is 17.4 Å². The van der Waals surface area contributed by atoms with Crippen molar-refractivity contribution in [1.29, 1.82) is 0 Å². The van der Waals surface area contributed by atoms with Gasteiger partial charge in [-0.1, -0.05) is 12.5 Å². The van der Waals surface area contributed by atoms with E-state index in [-0.39, 0.29) is 11.5 Å². The summed E-state index contributed by atoms with van der Waals surface area (Å²) < 4.78 is 11.4. The van der Waals surface area contributed by atoms with E-state index >= 15 is 0 Å². The van der Waals surface area contributed by atoms with Crippen LogP contribution in [0.4, 0.5) is 0 Å². The van der Waals surface area contributed by atoms with Crippen molar-refractivity contribution in [3.05, 3.63) is 42.0 Å². The Morgan fingerprint density at radius 3 is 2.70 bits per heavy atom. The van der Waals surface area contributed by atoms with E-state index in [9.17, 15) is 9.90 Å². The largest absolute Gasteiger partial charge is 0.504 e. The van der Waals surface area contributed by atoms with E-state index in [0.717, 1.165) is 45.8 Å². The fourth-order valence-corrected chi connectivity index (χ4v) is 4.82. The Kier molecular flexibility index (Phi) is 6.35. The SMILES string of the molecule is COc1cc(-c2oc3ccc(CC(=O)CN4CCCCC4)cc3c2SC)ccc1O. The Balaban J connectivity index is 1.60. The molecule has 1 aromatic heterocycles. The van der Waals surface area contributed by atoms with E-state index in [4.69, 9.17) is 9.15 Å². The minimum Gasteiger partial charge on any atom is -0.504 e. The van der Waals surface area contributed by atoms with Crippen molar-refractivity contribution in [1.82, 2.24) is 4.90 Å². The molecule has 2 aromatic carbocycles. The molecule has 0 saturated carbocycles. The maximum absolute atomic E-state index is 12.6. The standard InChI is InChI=1S/C24H27NO4S/c1-28-22-14-17(7-8-20(22)27)23-24(30-2)19-13-16(6-9-21(19)29-23)12-18(26)15-25-10-4-3-5-11-25/h6-9,13-14,27H,3-5,10-12,15H2,1-2H3. The van der Waals surface area contributed by atoms with Gasteiger partial charge in [0.15, 0.2) is 17.3 Å². The number of thioether (sulfide) groups is 1. The van der Waals surface area contributed by atoms with Gasteiger partial charge in [-0.25, -0.2) is 0 Å². The maximum Gasteiger partial charge on any atom is 0.161 e. The molecule has 30 heavy (non-hydrogen) atoms. The van der Waals surface area contributed by atoms with E-state index in [1.54, 1.807) is 23.9 Å². The zero-order valence-electron chi connectivity index (χ0n) is 17.4. The molecule has 0 unspecified atom stereocenters. The number of phenols is 1. The van der Waals surface area contributed by atoms with Gasteiger partial charge in [-0.05, 0) is 68.1 Å². The first-order valence-corrected chi connectivity index (χ1v) is 11.5. The summed E-state index contributed by atoms with van der Waals surface area (Å²) in [5, 5.41) is 10.9. The number of carbonyl (C=O) groups is 1. The fourth-order valence-electron chi connectivity index (χ4n) is 4.09. The Morgan fingerprint density at radius 1 is 1.17 bits per heavy atom. The average molecular weight is 426 g/mol. The molecule has 1 aliphatic rings. The zero-order chi connectivity index (χ0) is 21.1. The molecule has 0 bridgehead atoms. The number of methoxy groups -OCH3 is 1. The van der Waals surface area contributed by atoms with Crippen molar-refractivity contribution >= 4 is 28.5 Å². The maximum atomic E-state index is 12.6. The number of hydrogen-bond donors (Lipinski definition) is 1. The van der Waals surface area contributed by atoms with E-state index in [0.29, 0.717) is 18.7 Å². The van der Waals surface area contributed by atoms with Crippen LogP contribution in [0.1, 0.15) is 24.8 Å². The predicted molar refractivity (Wildman–Crippen MR) is 121 cm³/mol. The topological polar surface area (TPSA) is 62.9 Å². The molecule has 2 heterocycles. The van der Waals surface area contributed by atoms with Crippen LogP contribution in [0.25, 0.3) is 22.3 Å². The van der Waals surface area contributed by atoms with Gasteiger partial charge < -0.3 is 14.3 Å². The summed E-state index contributed by atoms with van der Waals surface area (Å²) >= 11 is 1.61. The van der Waals surface area contributed by atoms with E-state index < -0.39 is 0 Å². The van der Waals surface area contributed by atoms with Gasteiger partial charge in [-0.2, -0.15) is 0 Å². The van der Waals surface area contributed by atoms with Gasteiger partial charge in [0.05, 0.1) is 18.6 Å². The number of hydrogen-bond acceptors (Lipinski definition) is 6. The lowest BCUT2D eigenvalue weighted by Crippen LogP contribution is -2.35. The van der Waals surface area contributed by atoms with Crippen LogP contribution >= 0.6 is 11.8 Å². The zero-order valence-corrected chi connectivity index (χ0v) is 18.3. The Hall–Kier alpha value is -2.44. The summed E-state index contributed by atoms with van der Waals surface area (Å²) in [6.45, 7) is 2.60.